The molecule has 164 valence electrons. The van der Waals surface area contributed by atoms with Crippen LogP contribution in [0.1, 0.15) is 88.3 Å². The van der Waals surface area contributed by atoms with E-state index in [4.69, 9.17) is 6.42 Å². The van der Waals surface area contributed by atoms with Gasteiger partial charge in [-0.05, 0) is 99.4 Å². The molecule has 0 radical (unpaired) electrons. The summed E-state index contributed by atoms with van der Waals surface area (Å²) in [6.45, 7) is 9.65. The Hall–Kier alpha value is -1.50. The molecule has 0 bridgehead atoms. The van der Waals surface area contributed by atoms with Crippen LogP contribution >= 0.6 is 0 Å². The molecule has 0 aliphatic heterocycles. The van der Waals surface area contributed by atoms with Crippen LogP contribution in [-0.4, -0.2) is 33.8 Å². The summed E-state index contributed by atoms with van der Waals surface area (Å²) in [5.41, 5.74) is 2.79. The third kappa shape index (κ3) is 3.37. The molecule has 3 nitrogen and oxygen atoms in total. The largest absolute Gasteiger partial charge is 0.508 e. The maximum Gasteiger partial charge on any atom is 0.130 e. The molecule has 0 spiro atoms. The van der Waals surface area contributed by atoms with Crippen molar-refractivity contribution >= 4 is 0 Å². The smallest absolute Gasteiger partial charge is 0.130 e. The van der Waals surface area contributed by atoms with Crippen molar-refractivity contribution in [1.82, 2.24) is 4.90 Å². The number of terminal acetylenes is 1. The van der Waals surface area contributed by atoms with Crippen molar-refractivity contribution in [2.24, 2.45) is 17.3 Å². The molecule has 0 aromatic heterocycles. The van der Waals surface area contributed by atoms with Gasteiger partial charge in [0.25, 0.3) is 0 Å². The highest BCUT2D eigenvalue weighted by molar-refractivity contribution is 5.46. The molecule has 1 aromatic rings. The molecule has 0 saturated heterocycles. The van der Waals surface area contributed by atoms with Gasteiger partial charge < -0.3 is 10.2 Å². The molecule has 2 N–H and O–H groups in total. The van der Waals surface area contributed by atoms with Gasteiger partial charge in [0.1, 0.15) is 11.4 Å². The van der Waals surface area contributed by atoms with E-state index in [-0.39, 0.29) is 5.41 Å². The molecule has 3 aliphatic carbocycles. The molecule has 2 saturated carbocycles. The number of hydrogen-bond donors (Lipinski definition) is 2. The minimum Gasteiger partial charge on any atom is -0.508 e. The van der Waals surface area contributed by atoms with E-state index in [1.807, 2.05) is 0 Å². The highest BCUT2D eigenvalue weighted by Gasteiger charge is 2.61. The minimum atomic E-state index is -0.941. The molecule has 4 rings (SSSR count). The summed E-state index contributed by atoms with van der Waals surface area (Å²) < 4.78 is 0. The molecule has 0 heterocycles. The second-order valence-electron chi connectivity index (χ2n) is 10.4. The van der Waals surface area contributed by atoms with Crippen LogP contribution in [0.4, 0.5) is 0 Å². The Bertz CT molecular complexity index is 821. The van der Waals surface area contributed by atoms with Gasteiger partial charge in [0.05, 0.1) is 0 Å². The molecule has 1 aromatic carbocycles. The van der Waals surface area contributed by atoms with Crippen molar-refractivity contribution in [2.75, 3.05) is 13.1 Å². The van der Waals surface area contributed by atoms with E-state index >= 15 is 0 Å². The van der Waals surface area contributed by atoms with E-state index in [0.29, 0.717) is 23.5 Å². The molecular formula is C27H39NO2. The van der Waals surface area contributed by atoms with Crippen molar-refractivity contribution in [1.29, 1.82) is 0 Å². The minimum absolute atomic E-state index is 0.154. The molecule has 3 aliphatic rings. The maximum absolute atomic E-state index is 11.1. The molecule has 30 heavy (non-hydrogen) atoms. The summed E-state index contributed by atoms with van der Waals surface area (Å²) in [6, 6.07) is 4.38. The molecule has 0 unspecified atom stereocenters. The Morgan fingerprint density at radius 3 is 2.53 bits per heavy atom. The van der Waals surface area contributed by atoms with Gasteiger partial charge in [-0.25, -0.2) is 0 Å². The number of phenols is 1. The monoisotopic (exact) mass is 409 g/mol. The predicted octanol–water partition coefficient (Wildman–Crippen LogP) is 5.23. The zero-order valence-electron chi connectivity index (χ0n) is 19.1. The Morgan fingerprint density at radius 2 is 1.87 bits per heavy atom. The number of benzene rings is 1. The fourth-order valence-electron chi connectivity index (χ4n) is 7.18. The lowest BCUT2D eigenvalue weighted by Gasteiger charge is -2.52. The lowest BCUT2D eigenvalue weighted by molar-refractivity contribution is -0.0647. The lowest BCUT2D eigenvalue weighted by atomic mass is 9.53. The number of rotatable bonds is 6. The summed E-state index contributed by atoms with van der Waals surface area (Å²) in [5, 5.41) is 21.9. The maximum atomic E-state index is 11.1. The van der Waals surface area contributed by atoms with E-state index in [1.165, 1.54) is 11.1 Å². The number of fused-ring (bicyclic) bond motifs is 5. The van der Waals surface area contributed by atoms with E-state index in [9.17, 15) is 10.2 Å². The van der Waals surface area contributed by atoms with Crippen molar-refractivity contribution in [2.45, 2.75) is 90.2 Å². The Morgan fingerprint density at radius 1 is 1.13 bits per heavy atom. The predicted molar refractivity (Wildman–Crippen MR) is 122 cm³/mol. The van der Waals surface area contributed by atoms with Crippen molar-refractivity contribution in [3.05, 3.63) is 28.8 Å². The van der Waals surface area contributed by atoms with Crippen LogP contribution in [0, 0.1) is 29.6 Å². The van der Waals surface area contributed by atoms with Gasteiger partial charge in [0.15, 0.2) is 0 Å². The number of hydrogen-bond acceptors (Lipinski definition) is 3. The summed E-state index contributed by atoms with van der Waals surface area (Å²) in [7, 11) is 0. The van der Waals surface area contributed by atoms with Gasteiger partial charge in [0, 0.05) is 17.5 Å². The second-order valence-corrected chi connectivity index (χ2v) is 10.4. The first kappa shape index (κ1) is 21.7. The summed E-state index contributed by atoms with van der Waals surface area (Å²) in [5.74, 6) is 4.87. The van der Waals surface area contributed by atoms with Gasteiger partial charge >= 0.3 is 0 Å². The first-order chi connectivity index (χ1) is 14.4. The topological polar surface area (TPSA) is 43.7 Å². The van der Waals surface area contributed by atoms with Crippen LogP contribution < -0.4 is 0 Å². The van der Waals surface area contributed by atoms with Gasteiger partial charge in [-0.1, -0.05) is 32.8 Å². The van der Waals surface area contributed by atoms with Crippen LogP contribution in [0.3, 0.4) is 0 Å². The third-order valence-corrected chi connectivity index (χ3v) is 8.79. The Balaban J connectivity index is 1.63. The Labute approximate surface area is 182 Å². The zero-order valence-corrected chi connectivity index (χ0v) is 19.1. The highest BCUT2D eigenvalue weighted by Crippen LogP contribution is 2.64. The van der Waals surface area contributed by atoms with Gasteiger partial charge in [0.2, 0.25) is 0 Å². The normalized spacial score (nSPS) is 34.9. The summed E-state index contributed by atoms with van der Waals surface area (Å²) in [4.78, 5) is 2.46. The first-order valence-electron chi connectivity index (χ1n) is 12.1. The zero-order chi connectivity index (χ0) is 21.5. The number of phenolic OH excluding ortho intramolecular Hbond substituents is 1. The van der Waals surface area contributed by atoms with Gasteiger partial charge in [-0.15, -0.1) is 6.42 Å². The van der Waals surface area contributed by atoms with Crippen molar-refractivity contribution < 1.29 is 10.2 Å². The number of nitrogens with zero attached hydrogens (tertiary/aromatic N) is 1. The SMILES string of the molecule is C#C[C@]1(O)CC[C@H]2[C@@H]3CCc4cc(O)c(CN(CCC)CCC)cc4[C@H]3CC[C@@]21C. The fourth-order valence-corrected chi connectivity index (χ4v) is 7.18. The summed E-state index contributed by atoms with van der Waals surface area (Å²) in [6.07, 6.45) is 14.1. The third-order valence-electron chi connectivity index (χ3n) is 8.79. The van der Waals surface area contributed by atoms with Crippen LogP contribution in [0.15, 0.2) is 12.1 Å². The number of aryl methyl sites for hydroxylation is 1. The summed E-state index contributed by atoms with van der Waals surface area (Å²) >= 11 is 0. The molecule has 5 atom stereocenters. The van der Waals surface area contributed by atoms with Crippen LogP contribution in [0.5, 0.6) is 5.75 Å². The molecule has 2 fully saturated rings. The van der Waals surface area contributed by atoms with Crippen LogP contribution in [0.25, 0.3) is 0 Å². The average Bonchev–Trinajstić information content (AvgIpc) is 3.00. The fraction of sp³-hybridized carbons (Fsp3) is 0.704. The molecule has 0 amide bonds. The molecular weight excluding hydrogens is 370 g/mol. The number of aliphatic hydroxyl groups is 1. The van der Waals surface area contributed by atoms with E-state index in [1.54, 1.807) is 0 Å². The number of aromatic hydroxyl groups is 1. The van der Waals surface area contributed by atoms with Gasteiger partial charge in [-0.3, -0.25) is 4.90 Å². The van der Waals surface area contributed by atoms with Crippen LogP contribution in [-0.2, 0) is 13.0 Å². The van der Waals surface area contributed by atoms with E-state index in [2.05, 4.69) is 43.7 Å². The quantitative estimate of drug-likeness (QED) is 0.632. The van der Waals surface area contributed by atoms with Gasteiger partial charge in [-0.2, -0.15) is 0 Å². The highest BCUT2D eigenvalue weighted by atomic mass is 16.3. The molecule has 3 heteroatoms. The first-order valence-corrected chi connectivity index (χ1v) is 12.1. The lowest BCUT2D eigenvalue weighted by Crippen LogP contribution is -2.50. The van der Waals surface area contributed by atoms with E-state index in [0.717, 1.165) is 76.6 Å². The Kier molecular flexibility index (Phi) is 5.94. The van der Waals surface area contributed by atoms with Crippen molar-refractivity contribution in [3.63, 3.8) is 0 Å². The van der Waals surface area contributed by atoms with Crippen molar-refractivity contribution in [3.8, 4) is 18.1 Å². The second kappa shape index (κ2) is 8.21. The average molecular weight is 410 g/mol. The van der Waals surface area contributed by atoms with E-state index < -0.39 is 5.60 Å². The van der Waals surface area contributed by atoms with Crippen LogP contribution in [0.2, 0.25) is 0 Å². The standard InChI is InChI=1S/C27H39NO2/c1-5-14-28(15-6-2)18-20-16-23-19(17-25(20)29)8-9-22-21(23)10-12-26(4)24(22)11-13-27(26,30)7-3/h3,16-17,21-22,24,29-30H,5-6,8-15,18H2,1-2,4H3/t21-,22+,24-,26-,27-/m0/s1.